The number of nitro groups is 1. The van der Waals surface area contributed by atoms with Gasteiger partial charge in [0.2, 0.25) is 10.0 Å². The number of hydrogen-bond donors (Lipinski definition) is 0. The molecule has 0 N–H and O–H groups in total. The Morgan fingerprint density at radius 3 is 2.43 bits per heavy atom. The molecule has 0 aliphatic carbocycles. The average molecular weight is 405 g/mol. The summed E-state index contributed by atoms with van der Waals surface area (Å²) < 4.78 is 32.8. The number of hydrogen-bond acceptors (Lipinski definition) is 6. The Morgan fingerprint density at radius 2 is 1.79 bits per heavy atom. The molecular formula is C19H23N3O5S. The molecule has 3 rings (SSSR count). The second-order valence-electron chi connectivity index (χ2n) is 6.70. The van der Waals surface area contributed by atoms with Crippen LogP contribution in [0.1, 0.15) is 11.1 Å². The number of methoxy groups -OCH3 is 1. The van der Waals surface area contributed by atoms with Crippen molar-refractivity contribution in [3.05, 3.63) is 63.7 Å². The van der Waals surface area contributed by atoms with Gasteiger partial charge >= 0.3 is 0 Å². The lowest BCUT2D eigenvalue weighted by Gasteiger charge is -2.34. The van der Waals surface area contributed by atoms with Crippen LogP contribution < -0.4 is 4.74 Å². The summed E-state index contributed by atoms with van der Waals surface area (Å²) in [5, 5.41) is 11.0. The maximum Gasteiger partial charge on any atom is 0.270 e. The third-order valence-electron chi connectivity index (χ3n) is 4.92. The zero-order valence-corrected chi connectivity index (χ0v) is 16.7. The van der Waals surface area contributed by atoms with E-state index in [0.29, 0.717) is 38.3 Å². The monoisotopic (exact) mass is 405 g/mol. The second kappa shape index (κ2) is 8.26. The van der Waals surface area contributed by atoms with E-state index < -0.39 is 14.9 Å². The Bertz CT molecular complexity index is 969. The number of piperazine rings is 1. The van der Waals surface area contributed by atoms with Gasteiger partial charge in [-0.2, -0.15) is 4.31 Å². The number of rotatable bonds is 6. The van der Waals surface area contributed by atoms with E-state index in [-0.39, 0.29) is 10.6 Å². The van der Waals surface area contributed by atoms with Crippen LogP contribution >= 0.6 is 0 Å². The Morgan fingerprint density at radius 1 is 1.11 bits per heavy atom. The van der Waals surface area contributed by atoms with E-state index in [1.807, 2.05) is 24.3 Å². The molecule has 1 heterocycles. The van der Waals surface area contributed by atoms with Crippen LogP contribution in [-0.2, 0) is 16.6 Å². The average Bonchev–Trinajstić information content (AvgIpc) is 2.69. The summed E-state index contributed by atoms with van der Waals surface area (Å²) in [6, 6.07) is 11.7. The molecule has 0 spiro atoms. The highest BCUT2D eigenvalue weighted by atomic mass is 32.2. The van der Waals surface area contributed by atoms with E-state index in [2.05, 4.69) is 4.90 Å². The molecule has 0 saturated carbocycles. The van der Waals surface area contributed by atoms with Crippen LogP contribution in [0.4, 0.5) is 5.69 Å². The molecule has 2 aromatic rings. The van der Waals surface area contributed by atoms with Crippen LogP contribution in [0, 0.1) is 17.0 Å². The van der Waals surface area contributed by atoms with Gasteiger partial charge in [-0.3, -0.25) is 15.0 Å². The first-order chi connectivity index (χ1) is 13.3. The summed E-state index contributed by atoms with van der Waals surface area (Å²) in [6.07, 6.45) is 0. The fourth-order valence-corrected chi connectivity index (χ4v) is 4.99. The van der Waals surface area contributed by atoms with Crippen molar-refractivity contribution in [2.75, 3.05) is 33.3 Å². The van der Waals surface area contributed by atoms with Crippen molar-refractivity contribution < 1.29 is 18.1 Å². The molecule has 1 fully saturated rings. The fraction of sp³-hybridized carbons (Fsp3) is 0.368. The van der Waals surface area contributed by atoms with Crippen molar-refractivity contribution >= 4 is 15.7 Å². The third kappa shape index (κ3) is 4.16. The Hall–Kier alpha value is -2.49. The van der Waals surface area contributed by atoms with Gasteiger partial charge < -0.3 is 4.74 Å². The minimum atomic E-state index is -3.78. The van der Waals surface area contributed by atoms with E-state index in [1.54, 1.807) is 14.0 Å². The predicted octanol–water partition coefficient (Wildman–Crippen LogP) is 2.42. The number of nitro benzene ring substituents is 1. The lowest BCUT2D eigenvalue weighted by molar-refractivity contribution is -0.385. The van der Waals surface area contributed by atoms with Crippen LogP contribution in [0.5, 0.6) is 5.75 Å². The van der Waals surface area contributed by atoms with Crippen molar-refractivity contribution in [1.29, 1.82) is 0 Å². The van der Waals surface area contributed by atoms with Gasteiger partial charge in [-0.15, -0.1) is 0 Å². The molecule has 28 heavy (non-hydrogen) atoms. The molecule has 2 aromatic carbocycles. The maximum atomic E-state index is 13.0. The number of nitrogens with zero attached hydrogens (tertiary/aromatic N) is 3. The maximum absolute atomic E-state index is 13.0. The minimum absolute atomic E-state index is 0.000112. The Balaban J connectivity index is 1.72. The summed E-state index contributed by atoms with van der Waals surface area (Å²) in [7, 11) is -2.15. The molecule has 0 atom stereocenters. The van der Waals surface area contributed by atoms with Gasteiger partial charge in [0.05, 0.1) is 16.9 Å². The van der Waals surface area contributed by atoms with Crippen molar-refractivity contribution in [2.45, 2.75) is 18.4 Å². The molecule has 8 nitrogen and oxygen atoms in total. The number of aryl methyl sites for hydroxylation is 1. The molecule has 9 heteroatoms. The smallest absolute Gasteiger partial charge is 0.270 e. The van der Waals surface area contributed by atoms with Gasteiger partial charge in [-0.25, -0.2) is 8.42 Å². The van der Waals surface area contributed by atoms with Gasteiger partial charge in [0.15, 0.2) is 0 Å². The molecule has 0 radical (unpaired) electrons. The Kier molecular flexibility index (Phi) is 5.97. The molecule has 0 aromatic heterocycles. The number of para-hydroxylation sites is 1. The summed E-state index contributed by atoms with van der Waals surface area (Å²) in [5.41, 5.74) is 1.33. The first kappa shape index (κ1) is 20.2. The summed E-state index contributed by atoms with van der Waals surface area (Å²) >= 11 is 0. The second-order valence-corrected chi connectivity index (χ2v) is 8.61. The van der Waals surface area contributed by atoms with E-state index in [1.165, 1.54) is 16.4 Å². The van der Waals surface area contributed by atoms with Gasteiger partial charge in [0.1, 0.15) is 5.75 Å². The van der Waals surface area contributed by atoms with Crippen molar-refractivity contribution in [1.82, 2.24) is 9.21 Å². The van der Waals surface area contributed by atoms with Crippen LogP contribution in [0.2, 0.25) is 0 Å². The first-order valence-corrected chi connectivity index (χ1v) is 10.4. The minimum Gasteiger partial charge on any atom is -0.496 e. The van der Waals surface area contributed by atoms with E-state index >= 15 is 0 Å². The number of benzene rings is 2. The molecule has 1 aliphatic rings. The molecule has 1 aliphatic heterocycles. The van der Waals surface area contributed by atoms with Gasteiger partial charge in [-0.05, 0) is 18.6 Å². The lowest BCUT2D eigenvalue weighted by Crippen LogP contribution is -2.48. The van der Waals surface area contributed by atoms with Gasteiger partial charge in [-0.1, -0.05) is 24.3 Å². The normalized spacial score (nSPS) is 16.1. The Labute approximate surface area is 164 Å². The van der Waals surface area contributed by atoms with Crippen LogP contribution in [0.15, 0.2) is 47.4 Å². The number of ether oxygens (including phenoxy) is 1. The molecule has 1 saturated heterocycles. The zero-order valence-electron chi connectivity index (χ0n) is 15.9. The predicted molar refractivity (Wildman–Crippen MR) is 105 cm³/mol. The number of non-ortho nitro benzene ring substituents is 1. The highest BCUT2D eigenvalue weighted by Crippen LogP contribution is 2.26. The first-order valence-electron chi connectivity index (χ1n) is 8.92. The van der Waals surface area contributed by atoms with Gasteiger partial charge in [0, 0.05) is 50.4 Å². The van der Waals surface area contributed by atoms with Crippen LogP contribution in [0.3, 0.4) is 0 Å². The van der Waals surface area contributed by atoms with Crippen LogP contribution in [0.25, 0.3) is 0 Å². The van der Waals surface area contributed by atoms with Crippen molar-refractivity contribution in [3.63, 3.8) is 0 Å². The SMILES string of the molecule is COc1ccccc1CN1CCN(S(=O)(=O)c2cc([N+](=O)[O-])ccc2C)CC1. The summed E-state index contributed by atoms with van der Waals surface area (Å²) in [4.78, 5) is 12.6. The fourth-order valence-electron chi connectivity index (χ4n) is 3.32. The molecule has 0 unspecified atom stereocenters. The molecule has 0 bridgehead atoms. The van der Waals surface area contributed by atoms with E-state index in [4.69, 9.17) is 4.74 Å². The zero-order chi connectivity index (χ0) is 20.3. The van der Waals surface area contributed by atoms with Crippen LogP contribution in [-0.4, -0.2) is 55.8 Å². The molecular weight excluding hydrogens is 382 g/mol. The standard InChI is InChI=1S/C19H23N3O5S/c1-15-7-8-17(22(23)24)13-19(15)28(25,26)21-11-9-20(10-12-21)14-16-5-3-4-6-18(16)27-2/h3-8,13H,9-12,14H2,1-2H3. The summed E-state index contributed by atoms with van der Waals surface area (Å²) in [5.74, 6) is 0.810. The number of sulfonamides is 1. The molecule has 150 valence electrons. The van der Waals surface area contributed by atoms with Crippen molar-refractivity contribution in [3.8, 4) is 5.75 Å². The third-order valence-corrected chi connectivity index (χ3v) is 6.96. The van der Waals surface area contributed by atoms with E-state index in [9.17, 15) is 18.5 Å². The summed E-state index contributed by atoms with van der Waals surface area (Å²) in [6.45, 7) is 4.14. The highest BCUT2D eigenvalue weighted by molar-refractivity contribution is 7.89. The highest BCUT2D eigenvalue weighted by Gasteiger charge is 2.31. The topological polar surface area (TPSA) is 93.0 Å². The molecule has 0 amide bonds. The quantitative estimate of drug-likeness (QED) is 0.541. The van der Waals surface area contributed by atoms with Crippen molar-refractivity contribution in [2.24, 2.45) is 0 Å². The van der Waals surface area contributed by atoms with Gasteiger partial charge in [0.25, 0.3) is 5.69 Å². The van der Waals surface area contributed by atoms with E-state index in [0.717, 1.165) is 17.4 Å². The largest absolute Gasteiger partial charge is 0.496 e. The lowest BCUT2D eigenvalue weighted by atomic mass is 10.2.